The van der Waals surface area contributed by atoms with Crippen molar-refractivity contribution in [1.82, 2.24) is 0 Å². The van der Waals surface area contributed by atoms with Crippen molar-refractivity contribution in [2.45, 2.75) is 20.0 Å². The van der Waals surface area contributed by atoms with Crippen molar-refractivity contribution in [1.29, 1.82) is 0 Å². The largest absolute Gasteiger partial charge is 0.462 e. The number of hydrogen-bond acceptors (Lipinski definition) is 5. The summed E-state index contributed by atoms with van der Waals surface area (Å²) in [5.74, 6) is -0.940. The van der Waals surface area contributed by atoms with Crippen LogP contribution in [0, 0.1) is 0 Å². The average Bonchev–Trinajstić information content (AvgIpc) is 2.86. The van der Waals surface area contributed by atoms with Gasteiger partial charge >= 0.3 is 18.1 Å². The minimum atomic E-state index is -4.64. The standard InChI is InChI=1S/C29H23F3O5/c1-18(2)27(33)36-16-15-35-24-13-14-25(26(17-24)29(30,31)32)22-7-5-20(6-8-22)21-9-11-23(12-10-21)37-28(34)19(3)4/h5-17H,1,3H2,2,4H3. The smallest absolute Gasteiger partial charge is 0.417 e. The summed E-state index contributed by atoms with van der Waals surface area (Å²) >= 11 is 0. The third kappa shape index (κ3) is 7.20. The predicted molar refractivity (Wildman–Crippen MR) is 133 cm³/mol. The minimum Gasteiger partial charge on any atom is -0.462 e. The maximum atomic E-state index is 13.8. The van der Waals surface area contributed by atoms with Crippen molar-refractivity contribution in [3.8, 4) is 33.8 Å². The number of carbonyl (C=O) groups excluding carboxylic acids is 2. The van der Waals surface area contributed by atoms with Gasteiger partial charge in [0.25, 0.3) is 0 Å². The van der Waals surface area contributed by atoms with Crippen molar-refractivity contribution < 1.29 is 37.0 Å². The fourth-order valence-electron chi connectivity index (χ4n) is 3.13. The normalized spacial score (nSPS) is 11.2. The summed E-state index contributed by atoms with van der Waals surface area (Å²) in [6.07, 6.45) is -2.75. The molecule has 0 N–H and O–H groups in total. The van der Waals surface area contributed by atoms with Gasteiger partial charge in [-0.2, -0.15) is 13.2 Å². The summed E-state index contributed by atoms with van der Waals surface area (Å²) in [6.45, 7) is 9.95. The monoisotopic (exact) mass is 508 g/mol. The highest BCUT2D eigenvalue weighted by molar-refractivity contribution is 5.89. The topological polar surface area (TPSA) is 61.8 Å². The maximum Gasteiger partial charge on any atom is 0.417 e. The van der Waals surface area contributed by atoms with Gasteiger partial charge in [0.1, 0.15) is 24.0 Å². The molecule has 8 heteroatoms. The molecular formula is C29H23F3O5. The summed E-state index contributed by atoms with van der Waals surface area (Å²) < 4.78 is 56.5. The van der Waals surface area contributed by atoms with Gasteiger partial charge in [0.15, 0.2) is 0 Å². The first-order valence-electron chi connectivity index (χ1n) is 10.9. The third-order valence-electron chi connectivity index (χ3n) is 5.02. The molecule has 0 bridgehead atoms. The van der Waals surface area contributed by atoms with Crippen LogP contribution in [0.15, 0.2) is 104 Å². The van der Waals surface area contributed by atoms with Crippen molar-refractivity contribution in [3.63, 3.8) is 0 Å². The van der Waals surface area contributed by atoms with E-state index < -0.39 is 23.7 Å². The summed E-state index contributed by atoms with van der Waals surface area (Å²) in [5, 5.41) is 0. The van der Waals surface area contributed by atoms with Crippen molar-refractivity contribution in [2.24, 2.45) is 0 Å². The minimum absolute atomic E-state index is 0.0221. The lowest BCUT2D eigenvalue weighted by molar-refractivity contribution is -0.137. The third-order valence-corrected chi connectivity index (χ3v) is 5.02. The Labute approximate surface area is 212 Å². The molecule has 0 saturated carbocycles. The van der Waals surface area contributed by atoms with Crippen molar-refractivity contribution >= 4 is 11.9 Å². The molecule has 190 valence electrons. The van der Waals surface area contributed by atoms with Gasteiger partial charge in [-0.3, -0.25) is 0 Å². The van der Waals surface area contributed by atoms with Crippen LogP contribution in [0.4, 0.5) is 13.2 Å². The Hall–Kier alpha value is -4.59. The van der Waals surface area contributed by atoms with Gasteiger partial charge in [0, 0.05) is 11.1 Å². The van der Waals surface area contributed by atoms with Crippen LogP contribution in [0.25, 0.3) is 22.3 Å². The van der Waals surface area contributed by atoms with Crippen LogP contribution in [0.1, 0.15) is 19.4 Å². The van der Waals surface area contributed by atoms with E-state index >= 15 is 0 Å². The van der Waals surface area contributed by atoms with Gasteiger partial charge in [-0.05, 0) is 60.4 Å². The Morgan fingerprint density at radius 2 is 1.24 bits per heavy atom. The SMILES string of the molecule is C=C(C)C(=O)OC=COc1ccc(-c2ccc(-c3ccc(OC(=O)C(=C)C)cc3)cc2)c(C(F)(F)F)c1. The van der Waals surface area contributed by atoms with E-state index in [4.69, 9.17) is 14.2 Å². The fourth-order valence-corrected chi connectivity index (χ4v) is 3.13. The first-order valence-corrected chi connectivity index (χ1v) is 10.9. The van der Waals surface area contributed by atoms with Crippen LogP contribution in [0.5, 0.6) is 11.5 Å². The molecule has 0 fully saturated rings. The molecule has 5 nitrogen and oxygen atoms in total. The predicted octanol–water partition coefficient (Wildman–Crippen LogP) is 7.49. The number of benzene rings is 3. The van der Waals surface area contributed by atoms with Crippen LogP contribution in [-0.4, -0.2) is 11.9 Å². The fraction of sp³-hybridized carbons (Fsp3) is 0.103. The van der Waals surface area contributed by atoms with Gasteiger partial charge in [0.05, 0.1) is 5.56 Å². The van der Waals surface area contributed by atoms with Crippen LogP contribution in [0.3, 0.4) is 0 Å². The summed E-state index contributed by atoms with van der Waals surface area (Å²) in [4.78, 5) is 23.0. The van der Waals surface area contributed by atoms with E-state index in [0.29, 0.717) is 11.3 Å². The quantitative estimate of drug-likeness (QED) is 0.137. The van der Waals surface area contributed by atoms with Gasteiger partial charge in [-0.1, -0.05) is 55.6 Å². The summed E-state index contributed by atoms with van der Waals surface area (Å²) in [5.41, 5.74) is 1.46. The Bertz CT molecular complexity index is 1350. The number of carbonyl (C=O) groups is 2. The maximum absolute atomic E-state index is 13.8. The molecule has 37 heavy (non-hydrogen) atoms. The van der Waals surface area contributed by atoms with Gasteiger partial charge in [-0.25, -0.2) is 9.59 Å². The number of esters is 2. The van der Waals surface area contributed by atoms with Gasteiger partial charge in [0.2, 0.25) is 0 Å². The second-order valence-corrected chi connectivity index (χ2v) is 8.05. The van der Waals surface area contributed by atoms with E-state index in [1.807, 2.05) is 0 Å². The molecule has 0 amide bonds. The van der Waals surface area contributed by atoms with E-state index in [2.05, 4.69) is 13.2 Å². The molecular weight excluding hydrogens is 485 g/mol. The summed E-state index contributed by atoms with van der Waals surface area (Å²) in [6, 6.07) is 16.9. The van der Waals surface area contributed by atoms with Crippen LogP contribution in [-0.2, 0) is 20.5 Å². The lowest BCUT2D eigenvalue weighted by Gasteiger charge is -2.15. The number of hydrogen-bond donors (Lipinski definition) is 0. The van der Waals surface area contributed by atoms with E-state index in [0.717, 1.165) is 29.7 Å². The Balaban J connectivity index is 1.80. The highest BCUT2D eigenvalue weighted by Crippen LogP contribution is 2.39. The molecule has 0 radical (unpaired) electrons. The summed E-state index contributed by atoms with van der Waals surface area (Å²) in [7, 11) is 0. The second kappa shape index (κ2) is 11.4. The van der Waals surface area contributed by atoms with Gasteiger partial charge in [-0.15, -0.1) is 0 Å². The van der Waals surface area contributed by atoms with Crippen LogP contribution < -0.4 is 9.47 Å². The Morgan fingerprint density at radius 3 is 1.78 bits per heavy atom. The van der Waals surface area contributed by atoms with Crippen molar-refractivity contribution in [2.75, 3.05) is 0 Å². The molecule has 0 aromatic heterocycles. The Morgan fingerprint density at radius 1 is 0.730 bits per heavy atom. The van der Waals surface area contributed by atoms with Crippen LogP contribution in [0.2, 0.25) is 0 Å². The Kier molecular flexibility index (Phi) is 8.34. The molecule has 0 aliphatic heterocycles. The molecule has 0 heterocycles. The molecule has 3 aromatic rings. The number of alkyl halides is 3. The molecule has 3 aromatic carbocycles. The molecule has 0 spiro atoms. The molecule has 0 saturated heterocycles. The number of halogens is 3. The molecule has 3 rings (SSSR count). The lowest BCUT2D eigenvalue weighted by atomic mass is 9.96. The van der Waals surface area contributed by atoms with E-state index in [-0.39, 0.29) is 22.5 Å². The first-order chi connectivity index (χ1) is 17.5. The van der Waals surface area contributed by atoms with E-state index in [1.54, 1.807) is 55.5 Å². The zero-order valence-electron chi connectivity index (χ0n) is 20.1. The number of ether oxygens (including phenoxy) is 3. The number of rotatable bonds is 8. The molecule has 0 unspecified atom stereocenters. The zero-order valence-corrected chi connectivity index (χ0v) is 20.1. The van der Waals surface area contributed by atoms with E-state index in [9.17, 15) is 22.8 Å². The molecule has 0 aliphatic carbocycles. The highest BCUT2D eigenvalue weighted by Gasteiger charge is 2.34. The van der Waals surface area contributed by atoms with Gasteiger partial charge < -0.3 is 14.2 Å². The van der Waals surface area contributed by atoms with E-state index in [1.165, 1.54) is 19.1 Å². The first kappa shape index (κ1) is 27.0. The average molecular weight is 508 g/mol. The lowest BCUT2D eigenvalue weighted by Crippen LogP contribution is -2.07. The van der Waals surface area contributed by atoms with Crippen LogP contribution >= 0.6 is 0 Å². The highest BCUT2D eigenvalue weighted by atomic mass is 19.4. The molecule has 0 aliphatic rings. The zero-order chi connectivity index (χ0) is 27.2. The molecule has 0 atom stereocenters. The second-order valence-electron chi connectivity index (χ2n) is 8.05. The van der Waals surface area contributed by atoms with Crippen molar-refractivity contribution in [3.05, 3.63) is 109 Å².